The molecule has 1 aromatic rings. The lowest BCUT2D eigenvalue weighted by Gasteiger charge is -2.35. The molecule has 2 heterocycles. The third kappa shape index (κ3) is 2.84. The van der Waals surface area contributed by atoms with Gasteiger partial charge in [0.25, 0.3) is 0 Å². The van der Waals surface area contributed by atoms with Crippen molar-refractivity contribution in [3.8, 4) is 0 Å². The molecule has 5 heteroatoms. The zero-order valence-electron chi connectivity index (χ0n) is 11.1. The summed E-state index contributed by atoms with van der Waals surface area (Å²) in [5.74, 6) is 0.0633. The van der Waals surface area contributed by atoms with Gasteiger partial charge in [-0.1, -0.05) is 6.92 Å². The van der Waals surface area contributed by atoms with E-state index in [1.54, 1.807) is 6.92 Å². The maximum Gasteiger partial charge on any atom is 0.171 e. The minimum absolute atomic E-state index is 0.0633. The van der Waals surface area contributed by atoms with Crippen molar-refractivity contribution < 1.29 is 4.79 Å². The van der Waals surface area contributed by atoms with Gasteiger partial charge in [0.15, 0.2) is 5.78 Å². The highest BCUT2D eigenvalue weighted by molar-refractivity contribution is 7.18. The molecule has 0 aliphatic carbocycles. The molecule has 18 heavy (non-hydrogen) atoms. The van der Waals surface area contributed by atoms with Crippen LogP contribution in [0.15, 0.2) is 6.07 Å². The Morgan fingerprint density at radius 3 is 2.56 bits per heavy atom. The summed E-state index contributed by atoms with van der Waals surface area (Å²) in [6, 6.07) is 1.94. The number of piperazine rings is 1. The van der Waals surface area contributed by atoms with E-state index >= 15 is 0 Å². The molecule has 0 aromatic carbocycles. The van der Waals surface area contributed by atoms with E-state index in [2.05, 4.69) is 16.7 Å². The van der Waals surface area contributed by atoms with Gasteiger partial charge in [0.2, 0.25) is 0 Å². The first kappa shape index (κ1) is 13.4. The van der Waals surface area contributed by atoms with Gasteiger partial charge >= 0.3 is 0 Å². The summed E-state index contributed by atoms with van der Waals surface area (Å²) in [7, 11) is 0. The number of thiophene rings is 1. The van der Waals surface area contributed by atoms with Crippen molar-refractivity contribution in [2.75, 3.05) is 43.4 Å². The Morgan fingerprint density at radius 1 is 1.39 bits per heavy atom. The van der Waals surface area contributed by atoms with Gasteiger partial charge in [0.05, 0.1) is 15.6 Å². The Bertz CT molecular complexity index is 422. The third-order valence-corrected chi connectivity index (χ3v) is 4.60. The van der Waals surface area contributed by atoms with E-state index in [-0.39, 0.29) is 5.78 Å². The van der Waals surface area contributed by atoms with Crippen molar-refractivity contribution >= 4 is 27.8 Å². The van der Waals surface area contributed by atoms with Crippen LogP contribution < -0.4 is 10.6 Å². The van der Waals surface area contributed by atoms with E-state index in [1.165, 1.54) is 24.3 Å². The fourth-order valence-electron chi connectivity index (χ4n) is 2.33. The van der Waals surface area contributed by atoms with Gasteiger partial charge in [-0.25, -0.2) is 0 Å². The summed E-state index contributed by atoms with van der Waals surface area (Å²) in [6.07, 6.45) is 1.21. The highest BCUT2D eigenvalue weighted by Gasteiger charge is 2.20. The highest BCUT2D eigenvalue weighted by atomic mass is 32.1. The summed E-state index contributed by atoms with van der Waals surface area (Å²) >= 11 is 1.52. The van der Waals surface area contributed by atoms with Gasteiger partial charge in [-0.2, -0.15) is 0 Å². The van der Waals surface area contributed by atoms with Crippen molar-refractivity contribution in [3.63, 3.8) is 0 Å². The van der Waals surface area contributed by atoms with Crippen LogP contribution in [0.25, 0.3) is 0 Å². The van der Waals surface area contributed by atoms with Crippen LogP contribution in [0.2, 0.25) is 0 Å². The molecule has 100 valence electrons. The predicted octanol–water partition coefficient (Wildman–Crippen LogP) is 2.06. The fraction of sp³-hybridized carbons (Fsp3) is 0.615. The van der Waals surface area contributed by atoms with Crippen LogP contribution in [-0.4, -0.2) is 43.4 Å². The molecule has 0 amide bonds. The van der Waals surface area contributed by atoms with Crippen LogP contribution in [0.5, 0.6) is 0 Å². The lowest BCUT2D eigenvalue weighted by atomic mass is 10.3. The van der Waals surface area contributed by atoms with Crippen molar-refractivity contribution in [2.45, 2.75) is 20.3 Å². The quantitative estimate of drug-likeness (QED) is 0.848. The Labute approximate surface area is 112 Å². The molecule has 1 aliphatic heterocycles. The average Bonchev–Trinajstić information content (AvgIpc) is 2.73. The van der Waals surface area contributed by atoms with E-state index in [0.717, 1.165) is 31.2 Å². The van der Waals surface area contributed by atoms with Gasteiger partial charge in [0.1, 0.15) is 0 Å². The van der Waals surface area contributed by atoms with Crippen LogP contribution in [0.1, 0.15) is 29.9 Å². The van der Waals surface area contributed by atoms with E-state index < -0.39 is 0 Å². The number of carbonyl (C=O) groups is 1. The van der Waals surface area contributed by atoms with Gasteiger partial charge in [-0.3, -0.25) is 9.69 Å². The summed E-state index contributed by atoms with van der Waals surface area (Å²) in [5.41, 5.74) is 6.50. The SMILES string of the molecule is CCCN1CCN(c2cc(N)c(C(C)=O)s2)CC1. The third-order valence-electron chi connectivity index (χ3n) is 3.29. The molecule has 0 atom stereocenters. The minimum Gasteiger partial charge on any atom is -0.397 e. The van der Waals surface area contributed by atoms with Gasteiger partial charge in [-0.15, -0.1) is 11.3 Å². The van der Waals surface area contributed by atoms with E-state index in [1.807, 2.05) is 6.07 Å². The molecular weight excluding hydrogens is 246 g/mol. The number of nitrogens with zero attached hydrogens (tertiary/aromatic N) is 2. The zero-order chi connectivity index (χ0) is 13.1. The molecule has 0 unspecified atom stereocenters. The Hall–Kier alpha value is -1.07. The number of rotatable bonds is 4. The minimum atomic E-state index is 0.0633. The van der Waals surface area contributed by atoms with Crippen LogP contribution in [0.4, 0.5) is 10.7 Å². The molecule has 1 saturated heterocycles. The number of nitrogen functional groups attached to an aromatic ring is 1. The zero-order valence-corrected chi connectivity index (χ0v) is 11.9. The van der Waals surface area contributed by atoms with E-state index in [4.69, 9.17) is 5.73 Å². The van der Waals surface area contributed by atoms with Crippen molar-refractivity contribution in [3.05, 3.63) is 10.9 Å². The Balaban J connectivity index is 2.01. The van der Waals surface area contributed by atoms with Gasteiger partial charge in [-0.05, 0) is 19.0 Å². The standard InChI is InChI=1S/C13H21N3OS/c1-3-4-15-5-7-16(8-6-15)12-9-11(14)13(18-12)10(2)17/h9H,3-8,14H2,1-2H3. The number of nitrogens with two attached hydrogens (primary N) is 1. The van der Waals surface area contributed by atoms with Crippen molar-refractivity contribution in [2.24, 2.45) is 0 Å². The van der Waals surface area contributed by atoms with Crippen LogP contribution >= 0.6 is 11.3 Å². The molecule has 2 rings (SSSR count). The molecule has 1 aromatic heterocycles. The molecule has 2 N–H and O–H groups in total. The maximum absolute atomic E-state index is 11.4. The monoisotopic (exact) mass is 267 g/mol. The number of anilines is 2. The van der Waals surface area contributed by atoms with E-state index in [9.17, 15) is 4.79 Å². The van der Waals surface area contributed by atoms with Gasteiger partial charge < -0.3 is 10.6 Å². The molecule has 4 nitrogen and oxygen atoms in total. The molecule has 0 saturated carbocycles. The molecule has 1 fully saturated rings. The molecule has 1 aliphatic rings. The van der Waals surface area contributed by atoms with Crippen molar-refractivity contribution in [1.82, 2.24) is 4.90 Å². The lowest BCUT2D eigenvalue weighted by molar-refractivity contribution is 0.102. The molecule has 0 radical (unpaired) electrons. The van der Waals surface area contributed by atoms with E-state index in [0.29, 0.717) is 10.6 Å². The average molecular weight is 267 g/mol. The molecule has 0 bridgehead atoms. The maximum atomic E-state index is 11.4. The normalized spacial score (nSPS) is 17.1. The second-order valence-corrected chi connectivity index (χ2v) is 5.78. The number of carbonyl (C=O) groups excluding carboxylic acids is 1. The van der Waals surface area contributed by atoms with Crippen LogP contribution in [0, 0.1) is 0 Å². The predicted molar refractivity (Wildman–Crippen MR) is 77.7 cm³/mol. The highest BCUT2D eigenvalue weighted by Crippen LogP contribution is 2.32. The topological polar surface area (TPSA) is 49.6 Å². The number of Topliss-reactive ketones (excluding diaryl/α,β-unsaturated/α-hetero) is 1. The van der Waals surface area contributed by atoms with Crippen LogP contribution in [0.3, 0.4) is 0 Å². The summed E-state index contributed by atoms with van der Waals surface area (Å²) in [5, 5.41) is 1.13. The lowest BCUT2D eigenvalue weighted by Crippen LogP contribution is -2.46. The molecule has 0 spiro atoms. The number of hydrogen-bond donors (Lipinski definition) is 1. The number of ketones is 1. The van der Waals surface area contributed by atoms with Crippen molar-refractivity contribution in [1.29, 1.82) is 0 Å². The number of hydrogen-bond acceptors (Lipinski definition) is 5. The molecular formula is C13H21N3OS. The van der Waals surface area contributed by atoms with Gasteiger partial charge in [0, 0.05) is 33.1 Å². The Kier molecular flexibility index (Phi) is 4.24. The summed E-state index contributed by atoms with van der Waals surface area (Å²) in [4.78, 5) is 16.9. The first-order chi connectivity index (χ1) is 8.61. The fourth-order valence-corrected chi connectivity index (χ4v) is 3.36. The smallest absolute Gasteiger partial charge is 0.171 e. The Morgan fingerprint density at radius 2 is 2.06 bits per heavy atom. The second-order valence-electron chi connectivity index (χ2n) is 4.75. The summed E-state index contributed by atoms with van der Waals surface area (Å²) < 4.78 is 0. The second kappa shape index (κ2) is 5.71. The first-order valence-electron chi connectivity index (χ1n) is 6.49. The first-order valence-corrected chi connectivity index (χ1v) is 7.31. The summed E-state index contributed by atoms with van der Waals surface area (Å²) in [6.45, 7) is 9.21. The largest absolute Gasteiger partial charge is 0.397 e. The van der Waals surface area contributed by atoms with Crippen LogP contribution in [-0.2, 0) is 0 Å².